The lowest BCUT2D eigenvalue weighted by Crippen LogP contribution is -2.24. The van der Waals surface area contributed by atoms with Crippen LogP contribution in [0.5, 0.6) is 0 Å². The molecule has 8 heteroatoms. The van der Waals surface area contributed by atoms with Gasteiger partial charge in [-0.1, -0.05) is 71.2 Å². The summed E-state index contributed by atoms with van der Waals surface area (Å²) in [5.74, 6) is -0.533. The zero-order valence-corrected chi connectivity index (χ0v) is 18.0. The minimum atomic E-state index is -0.306. The van der Waals surface area contributed by atoms with Crippen molar-refractivity contribution in [1.29, 1.82) is 0 Å². The van der Waals surface area contributed by atoms with Crippen molar-refractivity contribution in [2.45, 2.75) is 6.54 Å². The summed E-state index contributed by atoms with van der Waals surface area (Å²) in [6.45, 7) is 0.382. The molecule has 5 nitrogen and oxygen atoms in total. The standard InChI is InChI=1S/C22H18Cl3N3O2/c23-17-10-19(25)20(11-18(17)24)26-13-21(29)28-16-8-4-7-15(9-16)22(30)27-12-14-5-2-1-3-6-14/h1-11,26H,12-13H2,(H,27,30)(H,28,29). The molecule has 3 rings (SSSR count). The Morgan fingerprint density at radius 2 is 1.53 bits per heavy atom. The van der Waals surface area contributed by atoms with E-state index >= 15 is 0 Å². The molecule has 0 fully saturated rings. The van der Waals surface area contributed by atoms with Crippen molar-refractivity contribution in [3.8, 4) is 0 Å². The van der Waals surface area contributed by atoms with Gasteiger partial charge in [0.1, 0.15) is 0 Å². The summed E-state index contributed by atoms with van der Waals surface area (Å²) in [6.07, 6.45) is 0. The van der Waals surface area contributed by atoms with Gasteiger partial charge in [-0.05, 0) is 35.9 Å². The molecule has 2 amide bonds. The summed E-state index contributed by atoms with van der Waals surface area (Å²) < 4.78 is 0. The highest BCUT2D eigenvalue weighted by Crippen LogP contribution is 2.32. The number of halogens is 3. The first-order valence-electron chi connectivity index (χ1n) is 9.03. The fourth-order valence-electron chi connectivity index (χ4n) is 2.66. The minimum absolute atomic E-state index is 0.0396. The van der Waals surface area contributed by atoms with Crippen LogP contribution in [0.15, 0.2) is 66.7 Å². The molecule has 3 N–H and O–H groups in total. The maximum Gasteiger partial charge on any atom is 0.251 e. The van der Waals surface area contributed by atoms with Gasteiger partial charge in [-0.15, -0.1) is 0 Å². The van der Waals surface area contributed by atoms with Gasteiger partial charge in [0.25, 0.3) is 5.91 Å². The Kier molecular flexibility index (Phi) is 7.57. The van der Waals surface area contributed by atoms with Gasteiger partial charge in [0, 0.05) is 17.8 Å². The smallest absolute Gasteiger partial charge is 0.251 e. The van der Waals surface area contributed by atoms with E-state index < -0.39 is 0 Å². The lowest BCUT2D eigenvalue weighted by atomic mass is 10.1. The molecule has 0 radical (unpaired) electrons. The van der Waals surface area contributed by atoms with Crippen molar-refractivity contribution in [3.05, 3.63) is 92.9 Å². The first-order chi connectivity index (χ1) is 14.4. The van der Waals surface area contributed by atoms with Gasteiger partial charge in [0.15, 0.2) is 0 Å². The summed E-state index contributed by atoms with van der Waals surface area (Å²) >= 11 is 18.0. The van der Waals surface area contributed by atoms with E-state index in [0.29, 0.717) is 38.6 Å². The summed E-state index contributed by atoms with van der Waals surface area (Å²) in [7, 11) is 0. The molecule has 0 aliphatic heterocycles. The molecular weight excluding hydrogens is 445 g/mol. The normalized spacial score (nSPS) is 10.4. The molecule has 30 heavy (non-hydrogen) atoms. The van der Waals surface area contributed by atoms with Gasteiger partial charge in [0.05, 0.1) is 27.3 Å². The molecule has 0 aliphatic carbocycles. The van der Waals surface area contributed by atoms with Gasteiger partial charge in [-0.2, -0.15) is 0 Å². The Morgan fingerprint density at radius 3 is 2.30 bits per heavy atom. The summed E-state index contributed by atoms with van der Waals surface area (Å²) in [5.41, 5.74) is 2.45. The number of hydrogen-bond donors (Lipinski definition) is 3. The van der Waals surface area contributed by atoms with E-state index in [2.05, 4.69) is 16.0 Å². The molecule has 0 aromatic heterocycles. The molecule has 0 saturated heterocycles. The van der Waals surface area contributed by atoms with Crippen molar-refractivity contribution in [1.82, 2.24) is 5.32 Å². The van der Waals surface area contributed by atoms with Crippen LogP contribution < -0.4 is 16.0 Å². The lowest BCUT2D eigenvalue weighted by Gasteiger charge is -2.11. The Balaban J connectivity index is 1.56. The quantitative estimate of drug-likeness (QED) is 0.399. The Labute approximate surface area is 189 Å². The fourth-order valence-corrected chi connectivity index (χ4v) is 3.27. The molecule has 154 valence electrons. The number of anilines is 2. The van der Waals surface area contributed by atoms with Crippen molar-refractivity contribution < 1.29 is 9.59 Å². The number of benzene rings is 3. The van der Waals surface area contributed by atoms with Crippen LogP contribution >= 0.6 is 34.8 Å². The SMILES string of the molecule is O=C(CNc1cc(Cl)c(Cl)cc1Cl)Nc1cccc(C(=O)NCc2ccccc2)c1. The Bertz CT molecular complexity index is 1060. The molecule has 0 aliphatic rings. The van der Waals surface area contributed by atoms with Crippen LogP contribution in [0, 0.1) is 0 Å². The van der Waals surface area contributed by atoms with Crippen LogP contribution in [0.2, 0.25) is 15.1 Å². The van der Waals surface area contributed by atoms with Gasteiger partial charge in [0.2, 0.25) is 5.91 Å². The number of amides is 2. The largest absolute Gasteiger partial charge is 0.375 e. The third kappa shape index (κ3) is 6.13. The van der Waals surface area contributed by atoms with Gasteiger partial charge >= 0.3 is 0 Å². The number of carbonyl (C=O) groups excluding carboxylic acids is 2. The number of rotatable bonds is 7. The van der Waals surface area contributed by atoms with Crippen molar-refractivity contribution in [3.63, 3.8) is 0 Å². The topological polar surface area (TPSA) is 70.2 Å². The maximum atomic E-state index is 12.4. The zero-order chi connectivity index (χ0) is 21.5. The second-order valence-corrected chi connectivity index (χ2v) is 7.62. The second kappa shape index (κ2) is 10.3. The minimum Gasteiger partial charge on any atom is -0.375 e. The highest BCUT2D eigenvalue weighted by Gasteiger charge is 2.10. The third-order valence-electron chi connectivity index (χ3n) is 4.15. The Hall–Kier alpha value is -2.73. The van der Waals surface area contributed by atoms with E-state index in [-0.39, 0.29) is 18.4 Å². The molecule has 3 aromatic rings. The number of carbonyl (C=O) groups is 2. The molecule has 0 spiro atoms. The van der Waals surface area contributed by atoms with Crippen LogP contribution in [0.25, 0.3) is 0 Å². The van der Waals surface area contributed by atoms with E-state index in [4.69, 9.17) is 34.8 Å². The molecule has 0 atom stereocenters. The van der Waals surface area contributed by atoms with E-state index in [0.717, 1.165) is 5.56 Å². The molecular formula is C22H18Cl3N3O2. The Morgan fingerprint density at radius 1 is 0.800 bits per heavy atom. The van der Waals surface area contributed by atoms with Gasteiger partial charge < -0.3 is 16.0 Å². The zero-order valence-electron chi connectivity index (χ0n) is 15.7. The molecule has 0 unspecified atom stereocenters. The van der Waals surface area contributed by atoms with Crippen LogP contribution in [0.3, 0.4) is 0 Å². The van der Waals surface area contributed by atoms with Crippen LogP contribution in [-0.2, 0) is 11.3 Å². The van der Waals surface area contributed by atoms with E-state index in [9.17, 15) is 9.59 Å². The predicted molar refractivity (Wildman–Crippen MR) is 123 cm³/mol. The average Bonchev–Trinajstić information content (AvgIpc) is 2.74. The predicted octanol–water partition coefficient (Wildman–Crippen LogP) is 5.63. The van der Waals surface area contributed by atoms with Crippen molar-refractivity contribution in [2.75, 3.05) is 17.2 Å². The first-order valence-corrected chi connectivity index (χ1v) is 10.2. The highest BCUT2D eigenvalue weighted by molar-refractivity contribution is 6.44. The monoisotopic (exact) mass is 461 g/mol. The number of hydrogen-bond acceptors (Lipinski definition) is 3. The van der Waals surface area contributed by atoms with Crippen molar-refractivity contribution >= 4 is 58.0 Å². The second-order valence-electron chi connectivity index (χ2n) is 6.40. The van der Waals surface area contributed by atoms with E-state index in [1.54, 1.807) is 30.3 Å². The van der Waals surface area contributed by atoms with Gasteiger partial charge in [-0.25, -0.2) is 0 Å². The highest BCUT2D eigenvalue weighted by atomic mass is 35.5. The summed E-state index contributed by atoms with van der Waals surface area (Å²) in [5, 5.41) is 9.53. The maximum absolute atomic E-state index is 12.4. The number of nitrogens with one attached hydrogen (secondary N) is 3. The van der Waals surface area contributed by atoms with Crippen LogP contribution in [-0.4, -0.2) is 18.4 Å². The van der Waals surface area contributed by atoms with Crippen LogP contribution in [0.1, 0.15) is 15.9 Å². The van der Waals surface area contributed by atoms with Crippen molar-refractivity contribution in [2.24, 2.45) is 0 Å². The average molecular weight is 463 g/mol. The molecule has 3 aromatic carbocycles. The molecule has 0 heterocycles. The summed E-state index contributed by atoms with van der Waals surface area (Å²) in [6, 6.07) is 19.4. The third-order valence-corrected chi connectivity index (χ3v) is 5.19. The van der Waals surface area contributed by atoms with Crippen LogP contribution in [0.4, 0.5) is 11.4 Å². The van der Waals surface area contributed by atoms with Gasteiger partial charge in [-0.3, -0.25) is 9.59 Å². The van der Waals surface area contributed by atoms with E-state index in [1.807, 2.05) is 30.3 Å². The lowest BCUT2D eigenvalue weighted by molar-refractivity contribution is -0.114. The van der Waals surface area contributed by atoms with E-state index in [1.165, 1.54) is 6.07 Å². The summed E-state index contributed by atoms with van der Waals surface area (Å²) in [4.78, 5) is 24.7. The fraction of sp³-hybridized carbons (Fsp3) is 0.0909. The molecule has 0 bridgehead atoms. The molecule has 0 saturated carbocycles. The first kappa shape index (κ1) is 22.0.